The second-order valence-corrected chi connectivity index (χ2v) is 6.14. The van der Waals surface area contributed by atoms with Gasteiger partial charge in [-0.15, -0.1) is 22.6 Å². The van der Waals surface area contributed by atoms with Crippen LogP contribution in [0.4, 0.5) is 5.13 Å². The highest BCUT2D eigenvalue weighted by molar-refractivity contribution is 7.15. The van der Waals surface area contributed by atoms with Crippen LogP contribution >= 0.6 is 23.7 Å². The van der Waals surface area contributed by atoms with Gasteiger partial charge in [-0.05, 0) is 31.7 Å². The van der Waals surface area contributed by atoms with E-state index in [9.17, 15) is 4.79 Å². The number of anilines is 1. The molecule has 1 heterocycles. The fraction of sp³-hybridized carbons (Fsp3) is 0.769. The highest BCUT2D eigenvalue weighted by atomic mass is 35.5. The van der Waals surface area contributed by atoms with E-state index in [0.29, 0.717) is 11.7 Å². The van der Waals surface area contributed by atoms with Crippen LogP contribution < -0.4 is 10.6 Å². The summed E-state index contributed by atoms with van der Waals surface area (Å²) >= 11 is 1.48. The summed E-state index contributed by atoms with van der Waals surface area (Å²) in [7, 11) is 0. The van der Waals surface area contributed by atoms with Crippen molar-refractivity contribution >= 4 is 34.8 Å². The Kier molecular flexibility index (Phi) is 8.02. The van der Waals surface area contributed by atoms with Crippen LogP contribution in [0.3, 0.4) is 0 Å². The molecule has 1 aromatic heterocycles. The first-order valence-corrected chi connectivity index (χ1v) is 7.92. The predicted molar refractivity (Wildman–Crippen MR) is 84.6 cm³/mol. The molecule has 0 saturated heterocycles. The third kappa shape index (κ3) is 6.63. The van der Waals surface area contributed by atoms with Crippen molar-refractivity contribution in [2.24, 2.45) is 5.92 Å². The molecule has 20 heavy (non-hydrogen) atoms. The Bertz CT molecular complexity index is 409. The standard InChI is InChI=1S/C13H22N4OS.ClH/c1-2-3-4-5-12-16-17-13(19-12)15-11(18)9-14-8-10-6-7-10;/h10,14H,2-9H2,1H3,(H,15,17,18);1H. The summed E-state index contributed by atoms with van der Waals surface area (Å²) in [6.07, 6.45) is 7.11. The van der Waals surface area contributed by atoms with Gasteiger partial charge >= 0.3 is 0 Å². The third-order valence-electron chi connectivity index (χ3n) is 3.12. The van der Waals surface area contributed by atoms with Crippen LogP contribution in [0.25, 0.3) is 0 Å². The maximum absolute atomic E-state index is 11.6. The zero-order valence-electron chi connectivity index (χ0n) is 11.9. The molecule has 0 atom stereocenters. The summed E-state index contributed by atoms with van der Waals surface area (Å²) in [5.41, 5.74) is 0. The van der Waals surface area contributed by atoms with Gasteiger partial charge < -0.3 is 5.32 Å². The number of rotatable bonds is 9. The van der Waals surface area contributed by atoms with Gasteiger partial charge in [0.25, 0.3) is 0 Å². The van der Waals surface area contributed by atoms with Crippen LogP contribution in [0.5, 0.6) is 0 Å². The van der Waals surface area contributed by atoms with Gasteiger partial charge in [-0.3, -0.25) is 10.1 Å². The highest BCUT2D eigenvalue weighted by Crippen LogP contribution is 2.27. The topological polar surface area (TPSA) is 66.9 Å². The van der Waals surface area contributed by atoms with Gasteiger partial charge in [-0.25, -0.2) is 0 Å². The summed E-state index contributed by atoms with van der Waals surface area (Å²) < 4.78 is 0. The molecule has 7 heteroatoms. The Morgan fingerprint density at radius 3 is 2.85 bits per heavy atom. The smallest absolute Gasteiger partial charge is 0.240 e. The van der Waals surface area contributed by atoms with E-state index in [4.69, 9.17) is 0 Å². The zero-order chi connectivity index (χ0) is 13.5. The number of hydrogen-bond acceptors (Lipinski definition) is 5. The van der Waals surface area contributed by atoms with E-state index in [1.54, 1.807) is 0 Å². The number of aryl methyl sites for hydroxylation is 1. The van der Waals surface area contributed by atoms with Crippen molar-refractivity contribution in [1.82, 2.24) is 15.5 Å². The lowest BCUT2D eigenvalue weighted by Crippen LogP contribution is -2.29. The van der Waals surface area contributed by atoms with E-state index in [0.717, 1.165) is 30.3 Å². The van der Waals surface area contributed by atoms with Gasteiger partial charge in [0.1, 0.15) is 5.01 Å². The number of nitrogens with one attached hydrogen (secondary N) is 2. The maximum Gasteiger partial charge on any atom is 0.240 e. The van der Waals surface area contributed by atoms with Crippen molar-refractivity contribution in [2.75, 3.05) is 18.4 Å². The number of aromatic nitrogens is 2. The Labute approximate surface area is 130 Å². The SMILES string of the molecule is CCCCCc1nnc(NC(=O)CNCC2CC2)s1.Cl. The molecule has 1 aromatic rings. The molecule has 0 radical (unpaired) electrons. The Hall–Kier alpha value is -0.720. The predicted octanol–water partition coefficient (Wildman–Crippen LogP) is 2.63. The Morgan fingerprint density at radius 2 is 2.15 bits per heavy atom. The normalized spacial score (nSPS) is 13.8. The average molecular weight is 319 g/mol. The van der Waals surface area contributed by atoms with Gasteiger partial charge in [-0.1, -0.05) is 31.1 Å². The number of amides is 1. The molecule has 0 aliphatic heterocycles. The maximum atomic E-state index is 11.6. The Morgan fingerprint density at radius 1 is 1.35 bits per heavy atom. The molecule has 5 nitrogen and oxygen atoms in total. The van der Waals surface area contributed by atoms with E-state index < -0.39 is 0 Å². The van der Waals surface area contributed by atoms with Crippen molar-refractivity contribution in [3.05, 3.63) is 5.01 Å². The van der Waals surface area contributed by atoms with E-state index in [-0.39, 0.29) is 18.3 Å². The summed E-state index contributed by atoms with van der Waals surface area (Å²) in [5.74, 6) is 0.761. The number of nitrogens with zero attached hydrogens (tertiary/aromatic N) is 2. The van der Waals surface area contributed by atoms with Crippen LogP contribution in [0, 0.1) is 5.92 Å². The van der Waals surface area contributed by atoms with E-state index in [1.165, 1.54) is 37.0 Å². The summed E-state index contributed by atoms with van der Waals surface area (Å²) in [5, 5.41) is 15.7. The first-order valence-electron chi connectivity index (χ1n) is 7.11. The average Bonchev–Trinajstić information content (AvgIpc) is 3.10. The monoisotopic (exact) mass is 318 g/mol. The number of hydrogen-bond donors (Lipinski definition) is 2. The van der Waals surface area contributed by atoms with Gasteiger partial charge in [-0.2, -0.15) is 0 Å². The quantitative estimate of drug-likeness (QED) is 0.687. The Balaban J connectivity index is 0.00000200. The number of carbonyl (C=O) groups is 1. The number of unbranched alkanes of at least 4 members (excludes halogenated alkanes) is 2. The van der Waals surface area contributed by atoms with Gasteiger partial charge in [0.2, 0.25) is 11.0 Å². The van der Waals surface area contributed by atoms with Gasteiger partial charge in [0.15, 0.2) is 0 Å². The fourth-order valence-corrected chi connectivity index (χ4v) is 2.60. The lowest BCUT2D eigenvalue weighted by atomic mass is 10.2. The summed E-state index contributed by atoms with van der Waals surface area (Å²) in [4.78, 5) is 11.6. The highest BCUT2D eigenvalue weighted by Gasteiger charge is 2.20. The van der Waals surface area contributed by atoms with Crippen LogP contribution in [-0.4, -0.2) is 29.2 Å². The second kappa shape index (κ2) is 9.26. The van der Waals surface area contributed by atoms with Crippen molar-refractivity contribution in [2.45, 2.75) is 45.4 Å². The molecule has 1 aliphatic rings. The molecule has 2 N–H and O–H groups in total. The van der Waals surface area contributed by atoms with E-state index >= 15 is 0 Å². The first kappa shape index (κ1) is 17.3. The molecule has 1 amide bonds. The summed E-state index contributed by atoms with van der Waals surface area (Å²) in [6.45, 7) is 3.49. The van der Waals surface area contributed by atoms with Crippen molar-refractivity contribution < 1.29 is 4.79 Å². The minimum absolute atomic E-state index is 0. The molecule has 0 unspecified atom stereocenters. The van der Waals surface area contributed by atoms with Crippen molar-refractivity contribution in [1.29, 1.82) is 0 Å². The molecule has 1 aliphatic carbocycles. The summed E-state index contributed by atoms with van der Waals surface area (Å²) in [6, 6.07) is 0. The molecular formula is C13H23ClN4OS. The van der Waals surface area contributed by atoms with Crippen molar-refractivity contribution in [3.63, 3.8) is 0 Å². The minimum atomic E-state index is -0.0306. The molecule has 0 spiro atoms. The molecule has 2 rings (SSSR count). The van der Waals surface area contributed by atoms with Crippen LogP contribution in [0.1, 0.15) is 44.0 Å². The lowest BCUT2D eigenvalue weighted by molar-refractivity contribution is -0.115. The van der Waals surface area contributed by atoms with Gasteiger partial charge in [0, 0.05) is 6.42 Å². The van der Waals surface area contributed by atoms with Gasteiger partial charge in [0.05, 0.1) is 6.54 Å². The second-order valence-electron chi connectivity index (χ2n) is 5.08. The van der Waals surface area contributed by atoms with Crippen LogP contribution in [0.15, 0.2) is 0 Å². The molecule has 1 fully saturated rings. The zero-order valence-corrected chi connectivity index (χ0v) is 13.5. The van der Waals surface area contributed by atoms with E-state index in [1.807, 2.05) is 0 Å². The van der Waals surface area contributed by atoms with Crippen LogP contribution in [-0.2, 0) is 11.2 Å². The van der Waals surface area contributed by atoms with Crippen molar-refractivity contribution in [3.8, 4) is 0 Å². The molecular weight excluding hydrogens is 296 g/mol. The lowest BCUT2D eigenvalue weighted by Gasteiger charge is -2.02. The molecule has 114 valence electrons. The first-order chi connectivity index (χ1) is 9.28. The number of carbonyl (C=O) groups excluding carboxylic acids is 1. The number of halogens is 1. The molecule has 1 saturated carbocycles. The third-order valence-corrected chi connectivity index (χ3v) is 4.02. The largest absolute Gasteiger partial charge is 0.308 e. The van der Waals surface area contributed by atoms with Crippen LogP contribution in [0.2, 0.25) is 0 Å². The fourth-order valence-electron chi connectivity index (χ4n) is 1.81. The van der Waals surface area contributed by atoms with E-state index in [2.05, 4.69) is 27.8 Å². The molecule has 0 aromatic carbocycles. The minimum Gasteiger partial charge on any atom is -0.308 e. The molecule has 0 bridgehead atoms.